The number of hydrogen-bond donors (Lipinski definition) is 1. The summed E-state index contributed by atoms with van der Waals surface area (Å²) in [6.07, 6.45) is 4.14. The molecule has 0 atom stereocenters. The minimum Gasteiger partial charge on any atom is -0.323 e. The molecular formula is C17H16ClNO. The van der Waals surface area contributed by atoms with Gasteiger partial charge in [-0.05, 0) is 41.8 Å². The van der Waals surface area contributed by atoms with Crippen molar-refractivity contribution in [2.45, 2.75) is 13.3 Å². The van der Waals surface area contributed by atoms with E-state index in [9.17, 15) is 4.79 Å². The van der Waals surface area contributed by atoms with Gasteiger partial charge in [-0.25, -0.2) is 0 Å². The summed E-state index contributed by atoms with van der Waals surface area (Å²) in [5, 5.41) is 3.47. The Labute approximate surface area is 124 Å². The van der Waals surface area contributed by atoms with Crippen LogP contribution in [0.1, 0.15) is 18.1 Å². The molecule has 0 radical (unpaired) electrons. The Hall–Kier alpha value is -2.06. The zero-order chi connectivity index (χ0) is 14.4. The van der Waals surface area contributed by atoms with Gasteiger partial charge in [0.15, 0.2) is 0 Å². The largest absolute Gasteiger partial charge is 0.323 e. The van der Waals surface area contributed by atoms with Crippen LogP contribution >= 0.6 is 11.6 Å². The standard InChI is InChI=1S/C17H16ClNO/c1-2-13-6-5-8-15(12-13)19-17(20)11-10-14-7-3-4-9-16(14)18/h3-12H,2H2,1H3,(H,19,20). The van der Waals surface area contributed by atoms with Crippen LogP contribution in [0.2, 0.25) is 5.02 Å². The number of carbonyl (C=O) groups is 1. The van der Waals surface area contributed by atoms with Crippen LogP contribution < -0.4 is 5.32 Å². The average Bonchev–Trinajstić information content (AvgIpc) is 2.46. The first-order valence-corrected chi connectivity index (χ1v) is 6.89. The normalized spacial score (nSPS) is 10.7. The molecule has 0 unspecified atom stereocenters. The molecule has 2 aromatic carbocycles. The number of rotatable bonds is 4. The van der Waals surface area contributed by atoms with Crippen LogP contribution in [0, 0.1) is 0 Å². The fourth-order valence-electron chi connectivity index (χ4n) is 1.83. The molecular weight excluding hydrogens is 270 g/mol. The predicted octanol–water partition coefficient (Wildman–Crippen LogP) is 4.55. The lowest BCUT2D eigenvalue weighted by atomic mass is 10.1. The summed E-state index contributed by atoms with van der Waals surface area (Å²) in [4.78, 5) is 11.9. The lowest BCUT2D eigenvalue weighted by molar-refractivity contribution is -0.111. The molecule has 2 rings (SSSR count). The lowest BCUT2D eigenvalue weighted by Gasteiger charge is -2.04. The zero-order valence-corrected chi connectivity index (χ0v) is 12.0. The van der Waals surface area contributed by atoms with E-state index in [1.165, 1.54) is 11.6 Å². The third kappa shape index (κ3) is 3.97. The Morgan fingerprint density at radius 2 is 2.00 bits per heavy atom. The fraction of sp³-hybridized carbons (Fsp3) is 0.118. The third-order valence-electron chi connectivity index (χ3n) is 2.92. The van der Waals surface area contributed by atoms with E-state index in [0.717, 1.165) is 17.7 Å². The number of benzene rings is 2. The smallest absolute Gasteiger partial charge is 0.248 e. The molecule has 3 heteroatoms. The number of anilines is 1. The van der Waals surface area contributed by atoms with E-state index < -0.39 is 0 Å². The second-order valence-electron chi connectivity index (χ2n) is 4.40. The van der Waals surface area contributed by atoms with Gasteiger partial charge in [-0.3, -0.25) is 4.79 Å². The summed E-state index contributed by atoms with van der Waals surface area (Å²) in [7, 11) is 0. The van der Waals surface area contributed by atoms with Gasteiger partial charge < -0.3 is 5.32 Å². The summed E-state index contributed by atoms with van der Waals surface area (Å²) in [6.45, 7) is 2.08. The van der Waals surface area contributed by atoms with Gasteiger partial charge in [-0.2, -0.15) is 0 Å². The molecule has 0 aliphatic rings. The van der Waals surface area contributed by atoms with Gasteiger partial charge in [0.1, 0.15) is 0 Å². The molecule has 0 aliphatic heterocycles. The molecule has 2 aromatic rings. The molecule has 0 heterocycles. The van der Waals surface area contributed by atoms with Crippen molar-refractivity contribution < 1.29 is 4.79 Å². The van der Waals surface area contributed by atoms with Crippen LogP contribution in [0.25, 0.3) is 6.08 Å². The first-order valence-electron chi connectivity index (χ1n) is 6.51. The van der Waals surface area contributed by atoms with Gasteiger partial charge in [-0.1, -0.05) is 48.9 Å². The van der Waals surface area contributed by atoms with Crippen molar-refractivity contribution in [1.82, 2.24) is 0 Å². The van der Waals surface area contributed by atoms with Crippen LogP contribution in [-0.4, -0.2) is 5.91 Å². The second kappa shape index (κ2) is 6.92. The summed E-state index contributed by atoms with van der Waals surface area (Å²) in [6, 6.07) is 15.2. The quantitative estimate of drug-likeness (QED) is 0.820. The van der Waals surface area contributed by atoms with E-state index in [-0.39, 0.29) is 5.91 Å². The van der Waals surface area contributed by atoms with E-state index in [1.54, 1.807) is 12.1 Å². The van der Waals surface area contributed by atoms with E-state index in [4.69, 9.17) is 11.6 Å². The summed E-state index contributed by atoms with van der Waals surface area (Å²) in [5.74, 6) is -0.168. The lowest BCUT2D eigenvalue weighted by Crippen LogP contribution is -2.07. The highest BCUT2D eigenvalue weighted by Gasteiger charge is 2.00. The molecule has 20 heavy (non-hydrogen) atoms. The number of amides is 1. The SMILES string of the molecule is CCc1cccc(NC(=O)C=Cc2ccccc2Cl)c1. The Morgan fingerprint density at radius 1 is 1.20 bits per heavy atom. The van der Waals surface area contributed by atoms with Gasteiger partial charge in [-0.15, -0.1) is 0 Å². The fourth-order valence-corrected chi connectivity index (χ4v) is 2.03. The maximum atomic E-state index is 11.9. The Morgan fingerprint density at radius 3 is 2.75 bits per heavy atom. The van der Waals surface area contributed by atoms with E-state index in [1.807, 2.05) is 42.5 Å². The van der Waals surface area contributed by atoms with Crippen LogP contribution in [0.4, 0.5) is 5.69 Å². The predicted molar refractivity (Wildman–Crippen MR) is 84.9 cm³/mol. The Bertz CT molecular complexity index is 634. The van der Waals surface area contributed by atoms with Crippen molar-refractivity contribution in [2.24, 2.45) is 0 Å². The highest BCUT2D eigenvalue weighted by atomic mass is 35.5. The molecule has 1 N–H and O–H groups in total. The third-order valence-corrected chi connectivity index (χ3v) is 3.27. The van der Waals surface area contributed by atoms with E-state index in [0.29, 0.717) is 5.02 Å². The molecule has 2 nitrogen and oxygen atoms in total. The summed E-state index contributed by atoms with van der Waals surface area (Å²) in [5.41, 5.74) is 2.82. The molecule has 102 valence electrons. The maximum absolute atomic E-state index is 11.9. The monoisotopic (exact) mass is 285 g/mol. The van der Waals surface area contributed by atoms with Crippen LogP contribution in [0.5, 0.6) is 0 Å². The average molecular weight is 286 g/mol. The van der Waals surface area contributed by atoms with Crippen molar-refractivity contribution in [2.75, 3.05) is 5.32 Å². The van der Waals surface area contributed by atoms with Gasteiger partial charge in [0, 0.05) is 16.8 Å². The van der Waals surface area contributed by atoms with Crippen LogP contribution in [0.15, 0.2) is 54.6 Å². The van der Waals surface area contributed by atoms with Gasteiger partial charge in [0.25, 0.3) is 0 Å². The van der Waals surface area contributed by atoms with Crippen molar-refractivity contribution >= 4 is 29.3 Å². The second-order valence-corrected chi connectivity index (χ2v) is 4.81. The van der Waals surface area contributed by atoms with Crippen molar-refractivity contribution in [3.63, 3.8) is 0 Å². The molecule has 0 saturated heterocycles. The van der Waals surface area contributed by atoms with E-state index >= 15 is 0 Å². The molecule has 1 amide bonds. The van der Waals surface area contributed by atoms with E-state index in [2.05, 4.69) is 12.2 Å². The number of halogens is 1. The highest BCUT2D eigenvalue weighted by Crippen LogP contribution is 2.16. The topological polar surface area (TPSA) is 29.1 Å². The molecule has 0 saturated carbocycles. The number of hydrogen-bond acceptors (Lipinski definition) is 1. The minimum absolute atomic E-state index is 0.168. The van der Waals surface area contributed by atoms with Gasteiger partial charge >= 0.3 is 0 Å². The van der Waals surface area contributed by atoms with Crippen molar-refractivity contribution in [1.29, 1.82) is 0 Å². The molecule has 0 aliphatic carbocycles. The molecule has 0 bridgehead atoms. The molecule has 0 aromatic heterocycles. The summed E-state index contributed by atoms with van der Waals surface area (Å²) < 4.78 is 0. The zero-order valence-electron chi connectivity index (χ0n) is 11.3. The first kappa shape index (κ1) is 14.4. The highest BCUT2D eigenvalue weighted by molar-refractivity contribution is 6.32. The Kier molecular flexibility index (Phi) is 4.97. The van der Waals surface area contributed by atoms with Gasteiger partial charge in [0.2, 0.25) is 5.91 Å². The van der Waals surface area contributed by atoms with Crippen LogP contribution in [-0.2, 0) is 11.2 Å². The van der Waals surface area contributed by atoms with Gasteiger partial charge in [0.05, 0.1) is 0 Å². The van der Waals surface area contributed by atoms with Crippen molar-refractivity contribution in [3.8, 4) is 0 Å². The maximum Gasteiger partial charge on any atom is 0.248 e. The first-order chi connectivity index (χ1) is 9.69. The molecule has 0 fully saturated rings. The summed E-state index contributed by atoms with van der Waals surface area (Å²) >= 11 is 6.02. The van der Waals surface area contributed by atoms with Crippen molar-refractivity contribution in [3.05, 3.63) is 70.8 Å². The number of nitrogens with one attached hydrogen (secondary N) is 1. The molecule has 0 spiro atoms. The Balaban J connectivity index is 2.04. The number of aryl methyl sites for hydroxylation is 1. The minimum atomic E-state index is -0.168. The van der Waals surface area contributed by atoms with Crippen LogP contribution in [0.3, 0.4) is 0 Å². The number of carbonyl (C=O) groups excluding carboxylic acids is 1.